The summed E-state index contributed by atoms with van der Waals surface area (Å²) in [6.45, 7) is 3.72. The molecule has 0 aliphatic rings. The van der Waals surface area contributed by atoms with Crippen molar-refractivity contribution in [3.63, 3.8) is 0 Å². The van der Waals surface area contributed by atoms with E-state index in [0.717, 1.165) is 29.1 Å². The third-order valence-electron chi connectivity index (χ3n) is 3.36. The van der Waals surface area contributed by atoms with Gasteiger partial charge in [-0.1, -0.05) is 0 Å². The van der Waals surface area contributed by atoms with Crippen LogP contribution in [0.25, 0.3) is 0 Å². The number of nitrogens with zero attached hydrogens (tertiary/aromatic N) is 2. The fourth-order valence-corrected chi connectivity index (χ4v) is 3.20. The highest BCUT2D eigenvalue weighted by molar-refractivity contribution is 7.89. The molecule has 0 aliphatic heterocycles. The van der Waals surface area contributed by atoms with Crippen LogP contribution in [0.4, 0.5) is 10.1 Å². The van der Waals surface area contributed by atoms with Gasteiger partial charge in [0.25, 0.3) is 0 Å². The first-order valence-electron chi connectivity index (χ1n) is 6.26. The molecular formula is C13H17FN4O2S. The Balaban J connectivity index is 2.28. The van der Waals surface area contributed by atoms with Crippen molar-refractivity contribution in [1.29, 1.82) is 0 Å². The van der Waals surface area contributed by atoms with Gasteiger partial charge in [0.05, 0.1) is 11.4 Å². The van der Waals surface area contributed by atoms with E-state index < -0.39 is 15.8 Å². The molecule has 0 radical (unpaired) electrons. The van der Waals surface area contributed by atoms with E-state index in [1.807, 2.05) is 6.92 Å². The molecule has 8 heteroatoms. The summed E-state index contributed by atoms with van der Waals surface area (Å²) >= 11 is 0. The number of nitrogen functional groups attached to an aromatic ring is 1. The first-order valence-corrected chi connectivity index (χ1v) is 7.74. The van der Waals surface area contributed by atoms with Gasteiger partial charge < -0.3 is 5.73 Å². The molecule has 1 heterocycles. The third kappa shape index (κ3) is 3.06. The van der Waals surface area contributed by atoms with Gasteiger partial charge in [-0.3, -0.25) is 4.68 Å². The lowest BCUT2D eigenvalue weighted by Crippen LogP contribution is -2.24. The summed E-state index contributed by atoms with van der Waals surface area (Å²) in [5, 5.41) is 4.21. The van der Waals surface area contributed by atoms with Crippen LogP contribution < -0.4 is 10.5 Å². The number of benzene rings is 1. The summed E-state index contributed by atoms with van der Waals surface area (Å²) < 4.78 is 41.8. The van der Waals surface area contributed by atoms with Crippen molar-refractivity contribution < 1.29 is 12.8 Å². The number of anilines is 1. The average Bonchev–Trinajstić information content (AvgIpc) is 2.64. The maximum Gasteiger partial charge on any atom is 0.243 e. The van der Waals surface area contributed by atoms with Gasteiger partial charge >= 0.3 is 0 Å². The smallest absolute Gasteiger partial charge is 0.243 e. The summed E-state index contributed by atoms with van der Waals surface area (Å²) in [5.41, 5.74) is 8.00. The summed E-state index contributed by atoms with van der Waals surface area (Å²) in [5.74, 6) is -0.654. The van der Waals surface area contributed by atoms with Gasteiger partial charge in [0.15, 0.2) is 0 Å². The van der Waals surface area contributed by atoms with Gasteiger partial charge in [0, 0.05) is 24.8 Å². The lowest BCUT2D eigenvalue weighted by molar-refractivity contribution is 0.577. The van der Waals surface area contributed by atoms with Crippen molar-refractivity contribution >= 4 is 15.7 Å². The molecule has 0 saturated heterocycles. The van der Waals surface area contributed by atoms with Crippen LogP contribution in [-0.4, -0.2) is 18.2 Å². The summed E-state index contributed by atoms with van der Waals surface area (Å²) in [6, 6.07) is 3.24. The third-order valence-corrected chi connectivity index (χ3v) is 4.82. The van der Waals surface area contributed by atoms with Crippen molar-refractivity contribution in [3.8, 4) is 0 Å². The van der Waals surface area contributed by atoms with Gasteiger partial charge in [0.1, 0.15) is 10.7 Å². The summed E-state index contributed by atoms with van der Waals surface area (Å²) in [7, 11) is -2.11. The number of nitrogens with one attached hydrogen (secondary N) is 1. The maximum atomic E-state index is 13.2. The van der Waals surface area contributed by atoms with Crippen molar-refractivity contribution in [2.24, 2.45) is 7.05 Å². The molecule has 0 spiro atoms. The second kappa shape index (κ2) is 5.45. The van der Waals surface area contributed by atoms with E-state index in [4.69, 9.17) is 5.73 Å². The van der Waals surface area contributed by atoms with Crippen molar-refractivity contribution in [2.75, 3.05) is 5.73 Å². The zero-order valence-corrected chi connectivity index (χ0v) is 12.8. The predicted molar refractivity (Wildman–Crippen MR) is 77.5 cm³/mol. The number of aromatic nitrogens is 2. The number of aryl methyl sites for hydroxylation is 2. The van der Waals surface area contributed by atoms with E-state index in [2.05, 4.69) is 9.82 Å². The standard InChI is InChI=1S/C13H17FN4O2S/c1-8-11(9(2)18(3)17-8)7-16-21(19,20)13-6-10(14)4-5-12(13)15/h4-6,16H,7,15H2,1-3H3. The Morgan fingerprint density at radius 1 is 1.38 bits per heavy atom. The SMILES string of the molecule is Cc1nn(C)c(C)c1CNS(=O)(=O)c1cc(F)ccc1N. The molecule has 0 amide bonds. The molecule has 0 unspecified atom stereocenters. The predicted octanol–water partition coefficient (Wildman–Crippen LogP) is 1.24. The number of hydrogen-bond acceptors (Lipinski definition) is 4. The fourth-order valence-electron chi connectivity index (χ4n) is 2.06. The number of sulfonamides is 1. The van der Waals surface area contributed by atoms with E-state index in [9.17, 15) is 12.8 Å². The molecule has 0 aliphatic carbocycles. The molecule has 6 nitrogen and oxygen atoms in total. The summed E-state index contributed by atoms with van der Waals surface area (Å²) in [4.78, 5) is -0.262. The van der Waals surface area contributed by atoms with Crippen LogP contribution in [0.3, 0.4) is 0 Å². The molecular weight excluding hydrogens is 295 g/mol. The van der Waals surface area contributed by atoms with E-state index in [0.29, 0.717) is 0 Å². The largest absolute Gasteiger partial charge is 0.398 e. The highest BCUT2D eigenvalue weighted by atomic mass is 32.2. The number of rotatable bonds is 4. The number of hydrogen-bond donors (Lipinski definition) is 2. The minimum Gasteiger partial charge on any atom is -0.398 e. The fraction of sp³-hybridized carbons (Fsp3) is 0.308. The summed E-state index contributed by atoms with van der Waals surface area (Å²) in [6.07, 6.45) is 0. The monoisotopic (exact) mass is 312 g/mol. The van der Waals surface area contributed by atoms with E-state index in [1.54, 1.807) is 18.7 Å². The molecule has 3 N–H and O–H groups in total. The van der Waals surface area contributed by atoms with Gasteiger partial charge in [-0.25, -0.2) is 17.5 Å². The molecule has 0 saturated carbocycles. The Morgan fingerprint density at radius 3 is 2.62 bits per heavy atom. The van der Waals surface area contributed by atoms with Crippen molar-refractivity contribution in [2.45, 2.75) is 25.3 Å². The number of nitrogens with two attached hydrogens (primary N) is 1. The molecule has 2 aromatic rings. The molecule has 0 bridgehead atoms. The lowest BCUT2D eigenvalue weighted by Gasteiger charge is -2.09. The molecule has 114 valence electrons. The highest BCUT2D eigenvalue weighted by Crippen LogP contribution is 2.20. The Bertz CT molecular complexity index is 784. The van der Waals surface area contributed by atoms with Gasteiger partial charge in [0.2, 0.25) is 10.0 Å². The van der Waals surface area contributed by atoms with Crippen LogP contribution in [0.5, 0.6) is 0 Å². The number of halogens is 1. The van der Waals surface area contributed by atoms with Crippen LogP contribution in [0, 0.1) is 19.7 Å². The first-order chi connectivity index (χ1) is 9.72. The Hall–Kier alpha value is -1.93. The van der Waals surface area contributed by atoms with Crippen molar-refractivity contribution in [3.05, 3.63) is 41.0 Å². The maximum absolute atomic E-state index is 13.2. The minimum absolute atomic E-state index is 0.00327. The zero-order chi connectivity index (χ0) is 15.8. The topological polar surface area (TPSA) is 90.0 Å². The van der Waals surface area contributed by atoms with Crippen LogP contribution in [-0.2, 0) is 23.6 Å². The quantitative estimate of drug-likeness (QED) is 0.831. The van der Waals surface area contributed by atoms with E-state index in [1.165, 1.54) is 6.07 Å². The Labute approximate surface area is 122 Å². The molecule has 0 fully saturated rings. The highest BCUT2D eigenvalue weighted by Gasteiger charge is 2.19. The molecule has 2 rings (SSSR count). The van der Waals surface area contributed by atoms with Crippen LogP contribution >= 0.6 is 0 Å². The Morgan fingerprint density at radius 2 is 2.05 bits per heavy atom. The first kappa shape index (κ1) is 15.5. The second-order valence-electron chi connectivity index (χ2n) is 4.78. The lowest BCUT2D eigenvalue weighted by atomic mass is 10.2. The average molecular weight is 312 g/mol. The molecule has 21 heavy (non-hydrogen) atoms. The Kier molecular flexibility index (Phi) is 4.02. The van der Waals surface area contributed by atoms with Crippen LogP contribution in [0.1, 0.15) is 17.0 Å². The van der Waals surface area contributed by atoms with Gasteiger partial charge in [-0.2, -0.15) is 5.10 Å². The van der Waals surface area contributed by atoms with E-state index in [-0.39, 0.29) is 17.1 Å². The normalized spacial score (nSPS) is 11.8. The van der Waals surface area contributed by atoms with E-state index >= 15 is 0 Å². The van der Waals surface area contributed by atoms with Crippen molar-refractivity contribution in [1.82, 2.24) is 14.5 Å². The zero-order valence-electron chi connectivity index (χ0n) is 12.0. The minimum atomic E-state index is -3.89. The molecule has 1 aromatic heterocycles. The molecule has 0 atom stereocenters. The second-order valence-corrected chi connectivity index (χ2v) is 6.52. The molecule has 1 aromatic carbocycles. The van der Waals surface area contributed by atoms with Gasteiger partial charge in [-0.15, -0.1) is 0 Å². The van der Waals surface area contributed by atoms with Crippen LogP contribution in [0.15, 0.2) is 23.1 Å². The van der Waals surface area contributed by atoms with Crippen LogP contribution in [0.2, 0.25) is 0 Å². The van der Waals surface area contributed by atoms with Gasteiger partial charge in [-0.05, 0) is 32.0 Å².